The van der Waals surface area contributed by atoms with Gasteiger partial charge in [0.15, 0.2) is 0 Å². The molecular formula is C19H30BrN3O3. The Bertz CT molecular complexity index is 610. The Morgan fingerprint density at radius 3 is 2.46 bits per heavy atom. The van der Waals surface area contributed by atoms with Gasteiger partial charge in [0.05, 0.1) is 6.04 Å². The van der Waals surface area contributed by atoms with E-state index in [1.165, 1.54) is 12.8 Å². The van der Waals surface area contributed by atoms with Crippen molar-refractivity contribution in [3.05, 3.63) is 0 Å². The lowest BCUT2D eigenvalue weighted by molar-refractivity contribution is 0.0127. The number of rotatable bonds is 2. The first kappa shape index (κ1) is 18.4. The zero-order valence-corrected chi connectivity index (χ0v) is 17.7. The third-order valence-electron chi connectivity index (χ3n) is 6.81. The quantitative estimate of drug-likeness (QED) is 0.634. The van der Waals surface area contributed by atoms with Crippen LogP contribution >= 0.6 is 15.9 Å². The summed E-state index contributed by atoms with van der Waals surface area (Å²) in [6.45, 7) is 8.15. The molecule has 0 N–H and O–H groups in total. The number of alkyl halides is 1. The summed E-state index contributed by atoms with van der Waals surface area (Å²) in [5.41, 5.74) is -0.0394. The molecule has 2 saturated heterocycles. The number of carbonyl (C=O) groups excluding carboxylic acids is 2. The molecule has 1 atom stereocenters. The Morgan fingerprint density at radius 1 is 1.19 bits per heavy atom. The summed E-state index contributed by atoms with van der Waals surface area (Å²) in [6.07, 6.45) is 5.56. The van der Waals surface area contributed by atoms with Gasteiger partial charge in [-0.15, -0.1) is 0 Å². The Balaban J connectivity index is 1.45. The first-order chi connectivity index (χ1) is 12.2. The maximum Gasteiger partial charge on any atom is 0.410 e. The molecule has 0 aromatic carbocycles. The number of urea groups is 1. The molecule has 4 fully saturated rings. The number of halogens is 1. The molecule has 3 amide bonds. The van der Waals surface area contributed by atoms with E-state index < -0.39 is 5.60 Å². The first-order valence-electron chi connectivity index (χ1n) is 9.79. The maximum absolute atomic E-state index is 13.1. The monoisotopic (exact) mass is 427 g/mol. The molecule has 2 saturated carbocycles. The minimum Gasteiger partial charge on any atom is -0.444 e. The molecule has 0 aromatic heterocycles. The molecule has 2 heterocycles. The molecule has 4 rings (SSSR count). The number of hydrogen-bond donors (Lipinski definition) is 0. The van der Waals surface area contributed by atoms with E-state index in [1.807, 2.05) is 25.7 Å². The molecule has 6 nitrogen and oxygen atoms in total. The maximum atomic E-state index is 13.1. The number of hydrogen-bond acceptors (Lipinski definition) is 3. The number of fused-ring (bicyclic) bond motifs is 3. The van der Waals surface area contributed by atoms with Crippen LogP contribution < -0.4 is 0 Å². The molecule has 7 heteroatoms. The van der Waals surface area contributed by atoms with Crippen molar-refractivity contribution in [2.45, 2.75) is 70.1 Å². The smallest absolute Gasteiger partial charge is 0.410 e. The number of ether oxygens (including phenoxy) is 1. The van der Waals surface area contributed by atoms with Gasteiger partial charge in [0.2, 0.25) is 0 Å². The van der Waals surface area contributed by atoms with Crippen molar-refractivity contribution < 1.29 is 14.3 Å². The van der Waals surface area contributed by atoms with Crippen LogP contribution in [0.2, 0.25) is 0 Å². The predicted octanol–water partition coefficient (Wildman–Crippen LogP) is 3.44. The van der Waals surface area contributed by atoms with Crippen molar-refractivity contribution in [1.82, 2.24) is 14.7 Å². The van der Waals surface area contributed by atoms with Gasteiger partial charge in [-0.25, -0.2) is 9.59 Å². The molecule has 2 aliphatic heterocycles. The summed E-state index contributed by atoms with van der Waals surface area (Å²) in [7, 11) is 0. The Morgan fingerprint density at radius 2 is 1.88 bits per heavy atom. The van der Waals surface area contributed by atoms with Gasteiger partial charge in [-0.05, 0) is 58.3 Å². The predicted molar refractivity (Wildman–Crippen MR) is 102 cm³/mol. The molecule has 0 spiro atoms. The van der Waals surface area contributed by atoms with Gasteiger partial charge in [0.1, 0.15) is 5.60 Å². The fraction of sp³-hybridized carbons (Fsp3) is 0.895. The first-order valence-corrected chi connectivity index (χ1v) is 10.9. The van der Waals surface area contributed by atoms with Crippen LogP contribution in [0.5, 0.6) is 0 Å². The summed E-state index contributed by atoms with van der Waals surface area (Å²) in [6, 6.07) is 0.281. The number of nitrogens with zero attached hydrogens (tertiary/aromatic N) is 3. The van der Waals surface area contributed by atoms with Crippen molar-refractivity contribution in [2.24, 2.45) is 5.41 Å². The Hall–Kier alpha value is -0.980. The molecular weight excluding hydrogens is 398 g/mol. The summed E-state index contributed by atoms with van der Waals surface area (Å²) < 4.78 is 5.52. The fourth-order valence-corrected chi connectivity index (χ4v) is 6.20. The SMILES string of the molecule is CC(C)(C)OC(=O)N1CCN2C(=O)N(C34CCC(CBr)(CC3)C4)C[C@@H]2C1. The van der Waals surface area contributed by atoms with E-state index in [-0.39, 0.29) is 23.7 Å². The minimum absolute atomic E-state index is 0.0545. The molecule has 0 aromatic rings. The summed E-state index contributed by atoms with van der Waals surface area (Å²) >= 11 is 3.70. The minimum atomic E-state index is -0.489. The highest BCUT2D eigenvalue weighted by atomic mass is 79.9. The molecule has 0 unspecified atom stereocenters. The van der Waals surface area contributed by atoms with Crippen LogP contribution in [-0.4, -0.2) is 75.5 Å². The number of amides is 3. The molecule has 146 valence electrons. The number of carbonyl (C=O) groups is 2. The molecule has 0 radical (unpaired) electrons. The fourth-order valence-electron chi connectivity index (χ4n) is 5.44. The molecule has 2 bridgehead atoms. The lowest BCUT2D eigenvalue weighted by Crippen LogP contribution is -2.54. The Kier molecular flexibility index (Phi) is 4.25. The van der Waals surface area contributed by atoms with Gasteiger partial charge < -0.3 is 19.4 Å². The topological polar surface area (TPSA) is 53.1 Å². The van der Waals surface area contributed by atoms with Crippen molar-refractivity contribution in [3.8, 4) is 0 Å². The summed E-state index contributed by atoms with van der Waals surface area (Å²) in [4.78, 5) is 31.4. The van der Waals surface area contributed by atoms with Crippen LogP contribution in [0.1, 0.15) is 52.9 Å². The lowest BCUT2D eigenvalue weighted by atomic mass is 9.86. The summed E-state index contributed by atoms with van der Waals surface area (Å²) in [5, 5.41) is 1.04. The normalized spacial score (nSPS) is 36.7. The highest BCUT2D eigenvalue weighted by molar-refractivity contribution is 9.09. The van der Waals surface area contributed by atoms with E-state index >= 15 is 0 Å². The van der Waals surface area contributed by atoms with Crippen LogP contribution in [-0.2, 0) is 4.74 Å². The third-order valence-corrected chi connectivity index (χ3v) is 8.00. The van der Waals surface area contributed by atoms with Crippen LogP contribution in [0.15, 0.2) is 0 Å². The second kappa shape index (κ2) is 6.01. The van der Waals surface area contributed by atoms with Crippen molar-refractivity contribution in [1.29, 1.82) is 0 Å². The highest BCUT2D eigenvalue weighted by Crippen LogP contribution is 2.60. The average molecular weight is 428 g/mol. The van der Waals surface area contributed by atoms with Crippen LogP contribution in [0.25, 0.3) is 0 Å². The van der Waals surface area contributed by atoms with Gasteiger partial charge in [0, 0.05) is 37.0 Å². The Labute approximate surface area is 164 Å². The molecule has 4 aliphatic rings. The van der Waals surface area contributed by atoms with Gasteiger partial charge in [-0.3, -0.25) is 0 Å². The zero-order chi connectivity index (χ0) is 18.7. The second-order valence-corrected chi connectivity index (χ2v) is 10.3. The highest BCUT2D eigenvalue weighted by Gasteiger charge is 2.60. The lowest BCUT2D eigenvalue weighted by Gasteiger charge is -2.37. The van der Waals surface area contributed by atoms with Crippen molar-refractivity contribution in [2.75, 3.05) is 31.5 Å². The zero-order valence-electron chi connectivity index (χ0n) is 16.1. The van der Waals surface area contributed by atoms with E-state index in [0.717, 1.165) is 31.1 Å². The van der Waals surface area contributed by atoms with Crippen LogP contribution in [0, 0.1) is 5.41 Å². The number of piperazine rings is 1. The second-order valence-electron chi connectivity index (χ2n) is 9.70. The average Bonchev–Trinajstić information content (AvgIpc) is 3.24. The van der Waals surface area contributed by atoms with Crippen molar-refractivity contribution >= 4 is 28.1 Å². The van der Waals surface area contributed by atoms with Crippen molar-refractivity contribution in [3.63, 3.8) is 0 Å². The molecule has 2 aliphatic carbocycles. The van der Waals surface area contributed by atoms with Gasteiger partial charge >= 0.3 is 12.1 Å². The standard InChI is InChI=1S/C19H30BrN3O3/c1-17(2,3)26-16(25)21-8-9-22-14(10-21)11-23(15(22)24)19-6-4-18(12-19,13-20)5-7-19/h14H,4-13H2,1-3H3/t14-,18?,19?/m0/s1. The van der Waals surface area contributed by atoms with E-state index in [2.05, 4.69) is 20.8 Å². The van der Waals surface area contributed by atoms with E-state index in [4.69, 9.17) is 4.74 Å². The van der Waals surface area contributed by atoms with Crippen LogP contribution in [0.4, 0.5) is 9.59 Å². The van der Waals surface area contributed by atoms with E-state index in [0.29, 0.717) is 25.0 Å². The molecule has 26 heavy (non-hydrogen) atoms. The third kappa shape index (κ3) is 2.90. The van der Waals surface area contributed by atoms with E-state index in [1.54, 1.807) is 4.90 Å². The summed E-state index contributed by atoms with van der Waals surface area (Å²) in [5.74, 6) is 0. The van der Waals surface area contributed by atoms with E-state index in [9.17, 15) is 9.59 Å². The van der Waals surface area contributed by atoms with Gasteiger partial charge in [0.25, 0.3) is 0 Å². The van der Waals surface area contributed by atoms with Crippen LogP contribution in [0.3, 0.4) is 0 Å². The van der Waals surface area contributed by atoms with Gasteiger partial charge in [-0.1, -0.05) is 15.9 Å². The largest absolute Gasteiger partial charge is 0.444 e. The van der Waals surface area contributed by atoms with Gasteiger partial charge in [-0.2, -0.15) is 0 Å².